The zero-order chi connectivity index (χ0) is 18.2. The smallest absolute Gasteiger partial charge is 0.180 e. The van der Waals surface area contributed by atoms with Crippen molar-refractivity contribution in [2.24, 2.45) is 0 Å². The second-order valence-electron chi connectivity index (χ2n) is 4.53. The largest absolute Gasteiger partial charge is 0.205 e. The predicted molar refractivity (Wildman–Crippen MR) is 64.8 cm³/mol. The quantitative estimate of drug-likeness (QED) is 0.611. The highest BCUT2D eigenvalue weighted by atomic mass is 19.2. The lowest BCUT2D eigenvalue weighted by Gasteiger charge is -2.10. The number of hydrogen-bond acceptors (Lipinski definition) is 2. The molecule has 0 heterocycles. The molecule has 0 bridgehead atoms. The maximum absolute atomic E-state index is 13.8. The SMILES string of the molecule is N#Cc1c(F)cc(Cc2c(F)c(F)c(C#N)c(F)c2F)c(F)c1F. The standard InChI is InChI=1S/C15H3F7N2/c16-9-2-5(10(17)13(20)7(9)3-23)1-6-11(18)14(21)8(4-24)15(22)12(6)19/h2H,1H2. The van der Waals surface area contributed by atoms with Crippen molar-refractivity contribution in [3.63, 3.8) is 0 Å². The van der Waals surface area contributed by atoms with Crippen LogP contribution < -0.4 is 0 Å². The summed E-state index contributed by atoms with van der Waals surface area (Å²) in [5, 5.41) is 16.9. The molecular weight excluding hydrogens is 341 g/mol. The summed E-state index contributed by atoms with van der Waals surface area (Å²) in [5.41, 5.74) is -5.10. The van der Waals surface area contributed by atoms with Gasteiger partial charge in [-0.05, 0) is 11.6 Å². The van der Waals surface area contributed by atoms with E-state index in [1.54, 1.807) is 0 Å². The summed E-state index contributed by atoms with van der Waals surface area (Å²) in [6.07, 6.45) is -1.25. The maximum atomic E-state index is 13.8. The van der Waals surface area contributed by atoms with Crippen molar-refractivity contribution in [3.05, 3.63) is 69.0 Å². The molecule has 9 heteroatoms. The summed E-state index contributed by atoms with van der Waals surface area (Å²) in [4.78, 5) is 0. The van der Waals surface area contributed by atoms with Crippen LogP contribution in [-0.2, 0) is 6.42 Å². The molecule has 0 spiro atoms. The van der Waals surface area contributed by atoms with Crippen LogP contribution in [0, 0.1) is 63.4 Å². The van der Waals surface area contributed by atoms with E-state index in [1.165, 1.54) is 0 Å². The molecule has 2 aromatic rings. The summed E-state index contributed by atoms with van der Waals surface area (Å²) in [7, 11) is 0. The van der Waals surface area contributed by atoms with Crippen LogP contribution >= 0.6 is 0 Å². The normalized spacial score (nSPS) is 10.4. The highest BCUT2D eigenvalue weighted by Crippen LogP contribution is 2.28. The van der Waals surface area contributed by atoms with E-state index in [2.05, 4.69) is 0 Å². The van der Waals surface area contributed by atoms with E-state index in [9.17, 15) is 30.7 Å². The molecule has 0 N–H and O–H groups in total. The first-order valence-electron chi connectivity index (χ1n) is 6.05. The maximum Gasteiger partial charge on any atom is 0.180 e. The molecule has 122 valence electrons. The van der Waals surface area contributed by atoms with Gasteiger partial charge in [0.25, 0.3) is 0 Å². The summed E-state index contributed by atoms with van der Waals surface area (Å²) in [5.74, 6) is -13.2. The lowest BCUT2D eigenvalue weighted by Crippen LogP contribution is -2.09. The van der Waals surface area contributed by atoms with Crippen molar-refractivity contribution in [1.82, 2.24) is 0 Å². The van der Waals surface area contributed by atoms with E-state index in [0.717, 1.165) is 12.1 Å². The Morgan fingerprint density at radius 2 is 1.12 bits per heavy atom. The summed E-state index contributed by atoms with van der Waals surface area (Å²) >= 11 is 0. The Bertz CT molecular complexity index is 910. The molecule has 0 atom stereocenters. The number of halogens is 7. The van der Waals surface area contributed by atoms with Crippen molar-refractivity contribution in [3.8, 4) is 12.1 Å². The van der Waals surface area contributed by atoms with Gasteiger partial charge in [0.1, 0.15) is 29.1 Å². The average molecular weight is 344 g/mol. The molecule has 2 nitrogen and oxygen atoms in total. The Kier molecular flexibility index (Phi) is 4.47. The fraction of sp³-hybridized carbons (Fsp3) is 0.0667. The first-order valence-corrected chi connectivity index (χ1v) is 6.05. The molecule has 0 amide bonds. The molecule has 2 aromatic carbocycles. The van der Waals surface area contributed by atoms with Gasteiger partial charge in [0.2, 0.25) is 0 Å². The van der Waals surface area contributed by atoms with Crippen LogP contribution in [0.5, 0.6) is 0 Å². The van der Waals surface area contributed by atoms with Gasteiger partial charge in [0, 0.05) is 12.0 Å². The van der Waals surface area contributed by atoms with Crippen molar-refractivity contribution in [1.29, 1.82) is 10.5 Å². The van der Waals surface area contributed by atoms with E-state index in [-0.39, 0.29) is 6.07 Å². The van der Waals surface area contributed by atoms with Gasteiger partial charge in [-0.1, -0.05) is 0 Å². The van der Waals surface area contributed by atoms with Gasteiger partial charge in [-0.3, -0.25) is 0 Å². The minimum Gasteiger partial charge on any atom is -0.205 e. The Labute approximate surface area is 130 Å². The van der Waals surface area contributed by atoms with Crippen LogP contribution in [-0.4, -0.2) is 0 Å². The van der Waals surface area contributed by atoms with E-state index < -0.39 is 69.4 Å². The number of benzene rings is 2. The molecule has 0 unspecified atom stereocenters. The zero-order valence-corrected chi connectivity index (χ0v) is 11.3. The Morgan fingerprint density at radius 1 is 0.667 bits per heavy atom. The Hall–Kier alpha value is -3.07. The molecule has 0 fully saturated rings. The summed E-state index contributed by atoms with van der Waals surface area (Å²) in [6, 6.07) is 2.26. The molecule has 0 aliphatic rings. The molecule has 0 aliphatic heterocycles. The molecule has 0 aliphatic carbocycles. The second kappa shape index (κ2) is 6.20. The first kappa shape index (κ1) is 17.3. The third-order valence-corrected chi connectivity index (χ3v) is 3.18. The zero-order valence-electron chi connectivity index (χ0n) is 11.3. The third-order valence-electron chi connectivity index (χ3n) is 3.18. The average Bonchev–Trinajstić information content (AvgIpc) is 2.55. The first-order chi connectivity index (χ1) is 11.2. The van der Waals surface area contributed by atoms with Gasteiger partial charge in [0.05, 0.1) is 0 Å². The molecular formula is C15H3F7N2. The fourth-order valence-corrected chi connectivity index (χ4v) is 2.00. The van der Waals surface area contributed by atoms with Crippen LogP contribution in [0.1, 0.15) is 22.3 Å². The van der Waals surface area contributed by atoms with Crippen molar-refractivity contribution in [2.45, 2.75) is 6.42 Å². The van der Waals surface area contributed by atoms with Gasteiger partial charge >= 0.3 is 0 Å². The lowest BCUT2D eigenvalue weighted by molar-refractivity contribution is 0.435. The van der Waals surface area contributed by atoms with Gasteiger partial charge < -0.3 is 0 Å². The van der Waals surface area contributed by atoms with Gasteiger partial charge in [-0.2, -0.15) is 10.5 Å². The summed E-state index contributed by atoms with van der Waals surface area (Å²) < 4.78 is 95.2. The topological polar surface area (TPSA) is 47.6 Å². The number of nitrogens with zero attached hydrogens (tertiary/aromatic N) is 2. The minimum atomic E-state index is -2.01. The van der Waals surface area contributed by atoms with Crippen molar-refractivity contribution < 1.29 is 30.7 Å². The molecule has 0 saturated carbocycles. The molecule has 24 heavy (non-hydrogen) atoms. The van der Waals surface area contributed by atoms with Crippen LogP contribution in [0.3, 0.4) is 0 Å². The van der Waals surface area contributed by atoms with Crippen LogP contribution in [0.15, 0.2) is 6.07 Å². The van der Waals surface area contributed by atoms with Crippen molar-refractivity contribution >= 4 is 0 Å². The van der Waals surface area contributed by atoms with Gasteiger partial charge in [-0.15, -0.1) is 0 Å². The molecule has 0 saturated heterocycles. The minimum absolute atomic E-state index is 0.282. The number of nitriles is 2. The van der Waals surface area contributed by atoms with Crippen LogP contribution in [0.2, 0.25) is 0 Å². The highest BCUT2D eigenvalue weighted by Gasteiger charge is 2.27. The summed E-state index contributed by atoms with van der Waals surface area (Å²) in [6.45, 7) is 0. The lowest BCUT2D eigenvalue weighted by atomic mass is 9.99. The predicted octanol–water partition coefficient (Wildman–Crippen LogP) is 3.99. The third kappa shape index (κ3) is 2.54. The van der Waals surface area contributed by atoms with Crippen LogP contribution in [0.25, 0.3) is 0 Å². The Morgan fingerprint density at radius 3 is 1.58 bits per heavy atom. The van der Waals surface area contributed by atoms with E-state index in [0.29, 0.717) is 0 Å². The monoisotopic (exact) mass is 344 g/mol. The second-order valence-corrected chi connectivity index (χ2v) is 4.53. The number of rotatable bonds is 2. The van der Waals surface area contributed by atoms with Gasteiger partial charge in [0.15, 0.2) is 34.9 Å². The van der Waals surface area contributed by atoms with Gasteiger partial charge in [-0.25, -0.2) is 30.7 Å². The Balaban J connectivity index is 2.67. The molecule has 0 radical (unpaired) electrons. The number of hydrogen-bond donors (Lipinski definition) is 0. The molecule has 0 aromatic heterocycles. The van der Waals surface area contributed by atoms with E-state index in [4.69, 9.17) is 10.5 Å². The molecule has 2 rings (SSSR count). The van der Waals surface area contributed by atoms with Crippen molar-refractivity contribution in [2.75, 3.05) is 0 Å². The fourth-order valence-electron chi connectivity index (χ4n) is 2.00. The highest BCUT2D eigenvalue weighted by molar-refractivity contribution is 5.42. The van der Waals surface area contributed by atoms with Crippen LogP contribution in [0.4, 0.5) is 30.7 Å². The van der Waals surface area contributed by atoms with E-state index in [1.807, 2.05) is 0 Å². The van der Waals surface area contributed by atoms with E-state index >= 15 is 0 Å².